The molecule has 2 saturated heterocycles. The number of hydrogen-bond acceptors (Lipinski definition) is 5. The van der Waals surface area contributed by atoms with Crippen LogP contribution in [0.2, 0.25) is 0 Å². The Hall–Kier alpha value is -0.800. The van der Waals surface area contributed by atoms with Crippen LogP contribution in [0, 0.1) is 5.92 Å². The van der Waals surface area contributed by atoms with Crippen LogP contribution in [0.1, 0.15) is 58.8 Å². The zero-order valence-electron chi connectivity index (χ0n) is 17.7. The van der Waals surface area contributed by atoms with Crippen LogP contribution in [-0.4, -0.2) is 77.9 Å². The van der Waals surface area contributed by atoms with Crippen molar-refractivity contribution >= 4 is 33.6 Å². The second kappa shape index (κ2) is 9.56. The molecule has 1 aliphatic carbocycles. The number of nitrogens with zero attached hydrogens (tertiary/aromatic N) is 2. The normalized spacial score (nSPS) is 24.0. The van der Waals surface area contributed by atoms with Crippen LogP contribution < -0.4 is 5.32 Å². The number of thioether (sulfide) groups is 1. The molecule has 7 nitrogen and oxygen atoms in total. The number of rotatable bonds is 4. The quantitative estimate of drug-likeness (QED) is 0.667. The molecule has 1 saturated carbocycles. The highest BCUT2D eigenvalue weighted by Gasteiger charge is 2.40. The average Bonchev–Trinajstić information content (AvgIpc) is 2.67. The number of sulfonamides is 1. The van der Waals surface area contributed by atoms with E-state index < -0.39 is 21.8 Å². The molecule has 2 aliphatic heterocycles. The molecule has 9 heteroatoms. The number of piperidine rings is 1. The molecule has 29 heavy (non-hydrogen) atoms. The SMILES string of the molecule is CC(C)CS(=O)(=O)N1CCC(NC(=O)C(=O)N2CCSC3(CCCCC3)C2)CC1. The lowest BCUT2D eigenvalue weighted by atomic mass is 9.87. The lowest BCUT2D eigenvalue weighted by molar-refractivity contribution is -0.146. The zero-order valence-corrected chi connectivity index (χ0v) is 19.3. The van der Waals surface area contributed by atoms with Crippen molar-refractivity contribution in [1.82, 2.24) is 14.5 Å². The van der Waals surface area contributed by atoms with Crippen LogP contribution in [-0.2, 0) is 19.6 Å². The summed E-state index contributed by atoms with van der Waals surface area (Å²) in [7, 11) is -3.24. The number of hydrogen-bond donors (Lipinski definition) is 1. The van der Waals surface area contributed by atoms with Crippen molar-refractivity contribution in [2.75, 3.05) is 37.7 Å². The first-order chi connectivity index (χ1) is 13.7. The van der Waals surface area contributed by atoms with Crippen LogP contribution in [0.25, 0.3) is 0 Å². The molecule has 1 spiro atoms. The summed E-state index contributed by atoms with van der Waals surface area (Å²) in [4.78, 5) is 27.0. The smallest absolute Gasteiger partial charge is 0.311 e. The summed E-state index contributed by atoms with van der Waals surface area (Å²) in [6, 6.07) is -0.139. The summed E-state index contributed by atoms with van der Waals surface area (Å²) in [6.45, 7) is 5.90. The molecule has 0 bridgehead atoms. The van der Waals surface area contributed by atoms with E-state index in [-0.39, 0.29) is 22.5 Å². The van der Waals surface area contributed by atoms with E-state index in [1.165, 1.54) is 23.6 Å². The fourth-order valence-corrected chi connectivity index (χ4v) is 8.10. The van der Waals surface area contributed by atoms with E-state index in [1.54, 1.807) is 4.90 Å². The molecule has 2 heterocycles. The third kappa shape index (κ3) is 5.88. The van der Waals surface area contributed by atoms with E-state index >= 15 is 0 Å². The Labute approximate surface area is 179 Å². The predicted molar refractivity (Wildman–Crippen MR) is 116 cm³/mol. The Morgan fingerprint density at radius 1 is 1.10 bits per heavy atom. The fraction of sp³-hybridized carbons (Fsp3) is 0.900. The minimum absolute atomic E-state index is 0.0882. The topological polar surface area (TPSA) is 86.8 Å². The second-order valence-corrected chi connectivity index (χ2v) is 12.7. The number of nitrogens with one attached hydrogen (secondary N) is 1. The molecule has 0 aromatic heterocycles. The van der Waals surface area contributed by atoms with Crippen LogP contribution in [0.3, 0.4) is 0 Å². The van der Waals surface area contributed by atoms with Crippen LogP contribution in [0.4, 0.5) is 0 Å². The number of carbonyl (C=O) groups is 2. The van der Waals surface area contributed by atoms with Gasteiger partial charge in [0.1, 0.15) is 0 Å². The highest BCUT2D eigenvalue weighted by Crippen LogP contribution is 2.42. The van der Waals surface area contributed by atoms with E-state index in [4.69, 9.17) is 0 Å². The van der Waals surface area contributed by atoms with E-state index in [0.29, 0.717) is 39.0 Å². The van der Waals surface area contributed by atoms with Gasteiger partial charge < -0.3 is 10.2 Å². The molecule has 2 amide bonds. The van der Waals surface area contributed by atoms with Gasteiger partial charge in [-0.3, -0.25) is 9.59 Å². The summed E-state index contributed by atoms with van der Waals surface area (Å²) in [6.07, 6.45) is 7.05. The predicted octanol–water partition coefficient (Wildman–Crippen LogP) is 1.83. The summed E-state index contributed by atoms with van der Waals surface area (Å²) in [5.41, 5.74) is 0. The minimum atomic E-state index is -3.24. The standard InChI is InChI=1S/C20H35N3O4S2/c1-16(2)14-29(26,27)23-10-6-17(7-11-23)21-18(24)19(25)22-12-13-28-20(15-22)8-4-3-5-9-20/h16-17H,3-15H2,1-2H3,(H,21,24). The second-order valence-electron chi connectivity index (χ2n) is 9.14. The molecule has 3 rings (SSSR count). The summed E-state index contributed by atoms with van der Waals surface area (Å²) in [5.74, 6) is 0.171. The van der Waals surface area contributed by atoms with Gasteiger partial charge in [0.25, 0.3) is 0 Å². The molecule has 0 aromatic carbocycles. The van der Waals surface area contributed by atoms with Gasteiger partial charge in [-0.15, -0.1) is 0 Å². The molecule has 0 radical (unpaired) electrons. The van der Waals surface area contributed by atoms with Gasteiger partial charge in [-0.1, -0.05) is 33.1 Å². The largest absolute Gasteiger partial charge is 0.345 e. The zero-order chi connectivity index (χ0) is 21.1. The van der Waals surface area contributed by atoms with Crippen LogP contribution in [0.5, 0.6) is 0 Å². The molecule has 3 fully saturated rings. The van der Waals surface area contributed by atoms with Gasteiger partial charge in [0.15, 0.2) is 0 Å². The minimum Gasteiger partial charge on any atom is -0.345 e. The number of amides is 2. The third-order valence-electron chi connectivity index (χ3n) is 6.22. The first kappa shape index (κ1) is 22.9. The fourth-order valence-electron chi connectivity index (χ4n) is 4.71. The van der Waals surface area contributed by atoms with E-state index in [0.717, 1.165) is 18.6 Å². The van der Waals surface area contributed by atoms with Gasteiger partial charge in [0.05, 0.1) is 5.75 Å². The highest BCUT2D eigenvalue weighted by atomic mass is 32.2. The lowest BCUT2D eigenvalue weighted by Crippen LogP contribution is -2.55. The molecule has 1 N–H and O–H groups in total. The van der Waals surface area contributed by atoms with Gasteiger partial charge in [-0.25, -0.2) is 12.7 Å². The molecule has 0 atom stereocenters. The van der Waals surface area contributed by atoms with E-state index in [1.807, 2.05) is 25.6 Å². The van der Waals surface area contributed by atoms with E-state index in [9.17, 15) is 18.0 Å². The monoisotopic (exact) mass is 445 g/mol. The first-order valence-corrected chi connectivity index (χ1v) is 13.5. The maximum atomic E-state index is 12.7. The van der Waals surface area contributed by atoms with Crippen molar-refractivity contribution in [3.8, 4) is 0 Å². The van der Waals surface area contributed by atoms with Crippen molar-refractivity contribution in [1.29, 1.82) is 0 Å². The van der Waals surface area contributed by atoms with Crippen molar-refractivity contribution in [2.45, 2.75) is 69.6 Å². The Balaban J connectivity index is 1.49. The van der Waals surface area contributed by atoms with Gasteiger partial charge in [0.2, 0.25) is 10.0 Å². The highest BCUT2D eigenvalue weighted by molar-refractivity contribution is 8.00. The molecule has 0 unspecified atom stereocenters. The van der Waals surface area contributed by atoms with Gasteiger partial charge in [0, 0.05) is 42.7 Å². The van der Waals surface area contributed by atoms with Gasteiger partial charge >= 0.3 is 11.8 Å². The van der Waals surface area contributed by atoms with Crippen molar-refractivity contribution in [2.24, 2.45) is 5.92 Å². The van der Waals surface area contributed by atoms with Crippen molar-refractivity contribution in [3.05, 3.63) is 0 Å². The number of carbonyl (C=O) groups excluding carboxylic acids is 2. The molecular weight excluding hydrogens is 410 g/mol. The van der Waals surface area contributed by atoms with Crippen LogP contribution in [0.15, 0.2) is 0 Å². The van der Waals surface area contributed by atoms with Gasteiger partial charge in [-0.2, -0.15) is 11.8 Å². The molecule has 0 aromatic rings. The molecule has 3 aliphatic rings. The third-order valence-corrected chi connectivity index (χ3v) is 10.00. The molecule has 166 valence electrons. The van der Waals surface area contributed by atoms with E-state index in [2.05, 4.69) is 5.32 Å². The lowest BCUT2D eigenvalue weighted by Gasteiger charge is -2.44. The maximum Gasteiger partial charge on any atom is 0.311 e. The molecular formula is C20H35N3O4S2. The maximum absolute atomic E-state index is 12.7. The summed E-state index contributed by atoms with van der Waals surface area (Å²) < 4.78 is 26.4. The Kier molecular flexibility index (Phi) is 7.54. The van der Waals surface area contributed by atoms with Gasteiger partial charge in [-0.05, 0) is 31.6 Å². The summed E-state index contributed by atoms with van der Waals surface area (Å²) >= 11 is 1.97. The van der Waals surface area contributed by atoms with Crippen molar-refractivity contribution in [3.63, 3.8) is 0 Å². The Morgan fingerprint density at radius 3 is 2.38 bits per heavy atom. The van der Waals surface area contributed by atoms with Crippen LogP contribution >= 0.6 is 11.8 Å². The first-order valence-electron chi connectivity index (χ1n) is 10.9. The Morgan fingerprint density at radius 2 is 1.76 bits per heavy atom. The van der Waals surface area contributed by atoms with Crippen molar-refractivity contribution < 1.29 is 18.0 Å². The average molecular weight is 446 g/mol. The Bertz CT molecular complexity index is 691. The summed E-state index contributed by atoms with van der Waals surface area (Å²) in [5, 5.41) is 2.86.